The Morgan fingerprint density at radius 3 is 2.40 bits per heavy atom. The number of rotatable bonds is 11. The molecule has 2 aromatic rings. The molecule has 10 heteroatoms. The third-order valence-electron chi connectivity index (χ3n) is 5.96. The third-order valence-corrected chi connectivity index (χ3v) is 7.22. The molecule has 1 saturated heterocycles. The highest BCUT2D eigenvalue weighted by Gasteiger charge is 2.33. The Kier molecular flexibility index (Phi) is 9.25. The number of carbonyl (C=O) groups excluding carboxylic acids is 2. The van der Waals surface area contributed by atoms with Gasteiger partial charge in [0.2, 0.25) is 21.8 Å². The van der Waals surface area contributed by atoms with Gasteiger partial charge in [-0.3, -0.25) is 9.59 Å². The fourth-order valence-corrected chi connectivity index (χ4v) is 4.22. The Morgan fingerprint density at radius 2 is 1.83 bits per heavy atom. The number of carbonyl (C=O) groups is 2. The van der Waals surface area contributed by atoms with Crippen molar-refractivity contribution < 1.29 is 27.5 Å². The molecule has 2 atom stereocenters. The van der Waals surface area contributed by atoms with Crippen molar-refractivity contribution >= 4 is 21.8 Å². The fraction of sp³-hybridized carbons (Fsp3) is 0.440. The van der Waals surface area contributed by atoms with Crippen LogP contribution >= 0.6 is 0 Å². The molecule has 0 spiro atoms. The summed E-state index contributed by atoms with van der Waals surface area (Å²) in [4.78, 5) is 28.4. The van der Waals surface area contributed by atoms with E-state index in [1.165, 1.54) is 11.9 Å². The molecule has 1 fully saturated rings. The van der Waals surface area contributed by atoms with Crippen molar-refractivity contribution in [2.24, 2.45) is 0 Å². The van der Waals surface area contributed by atoms with Crippen LogP contribution in [0.25, 0.3) is 0 Å². The van der Waals surface area contributed by atoms with Crippen LogP contribution in [0.15, 0.2) is 54.6 Å². The summed E-state index contributed by atoms with van der Waals surface area (Å²) in [5.74, 6) is -0.178. The number of amides is 2. The molecule has 1 aliphatic heterocycles. The molecular formula is C25H33N3O6S. The number of nitrogens with zero attached hydrogens (tertiary/aromatic N) is 2. The van der Waals surface area contributed by atoms with Crippen LogP contribution in [0.3, 0.4) is 0 Å². The first-order chi connectivity index (χ1) is 16.7. The van der Waals surface area contributed by atoms with E-state index in [2.05, 4.69) is 5.32 Å². The summed E-state index contributed by atoms with van der Waals surface area (Å²) in [6, 6.07) is 15.2. The number of sulfonamides is 1. The van der Waals surface area contributed by atoms with E-state index in [-0.39, 0.29) is 18.6 Å². The SMILES string of the molecule is COc1ccc(CN(C(=O)CN(C)S(C)(=O)=O)[C@@H](C(=O)NC[C@H]2CCCO2)c2ccccc2)cc1. The monoisotopic (exact) mass is 503 g/mol. The maximum Gasteiger partial charge on any atom is 0.247 e. The molecule has 190 valence electrons. The topological polar surface area (TPSA) is 105 Å². The number of nitrogens with one attached hydrogen (secondary N) is 1. The average molecular weight is 504 g/mol. The standard InChI is InChI=1S/C25H33N3O6S/c1-27(35(3,31)32)18-23(29)28(17-19-11-13-21(33-2)14-12-19)24(20-8-5-4-6-9-20)25(30)26-16-22-10-7-15-34-22/h4-6,8-9,11-14,22,24H,7,10,15-18H2,1-3H3,(H,26,30)/t22-,24-/m1/s1. The van der Waals surface area contributed by atoms with Gasteiger partial charge in [0.25, 0.3) is 0 Å². The minimum Gasteiger partial charge on any atom is -0.497 e. The number of likely N-dealkylation sites (N-methyl/N-ethyl adjacent to an activating group) is 1. The first-order valence-electron chi connectivity index (χ1n) is 11.5. The summed E-state index contributed by atoms with van der Waals surface area (Å²) >= 11 is 0. The lowest BCUT2D eigenvalue weighted by atomic mass is 10.0. The van der Waals surface area contributed by atoms with Gasteiger partial charge in [0.15, 0.2) is 0 Å². The molecule has 3 rings (SSSR count). The van der Waals surface area contributed by atoms with Crippen molar-refractivity contribution in [2.75, 3.05) is 40.1 Å². The quantitative estimate of drug-likeness (QED) is 0.503. The summed E-state index contributed by atoms with van der Waals surface area (Å²) in [5.41, 5.74) is 1.40. The normalized spacial score (nSPS) is 16.6. The maximum absolute atomic E-state index is 13.5. The van der Waals surface area contributed by atoms with E-state index in [1.807, 2.05) is 18.2 Å². The highest BCUT2D eigenvalue weighted by atomic mass is 32.2. The predicted molar refractivity (Wildman–Crippen MR) is 132 cm³/mol. The van der Waals surface area contributed by atoms with Crippen LogP contribution in [-0.4, -0.2) is 75.7 Å². The predicted octanol–water partition coefficient (Wildman–Crippen LogP) is 1.95. The van der Waals surface area contributed by atoms with Crippen molar-refractivity contribution in [2.45, 2.75) is 31.5 Å². The largest absolute Gasteiger partial charge is 0.497 e. The summed E-state index contributed by atoms with van der Waals surface area (Å²) in [5, 5.41) is 2.94. The number of methoxy groups -OCH3 is 1. The van der Waals surface area contributed by atoms with Crippen LogP contribution in [0.2, 0.25) is 0 Å². The second-order valence-corrected chi connectivity index (χ2v) is 10.7. The molecule has 2 amide bonds. The highest BCUT2D eigenvalue weighted by molar-refractivity contribution is 7.88. The molecule has 0 saturated carbocycles. The molecule has 1 heterocycles. The molecule has 2 aromatic carbocycles. The van der Waals surface area contributed by atoms with E-state index < -0.39 is 28.5 Å². The number of ether oxygens (including phenoxy) is 2. The second kappa shape index (κ2) is 12.1. The van der Waals surface area contributed by atoms with Crippen LogP contribution in [-0.2, 0) is 30.9 Å². The van der Waals surface area contributed by atoms with Gasteiger partial charge in [-0.15, -0.1) is 0 Å². The molecule has 0 radical (unpaired) electrons. The van der Waals surface area contributed by atoms with Crippen molar-refractivity contribution in [3.05, 3.63) is 65.7 Å². The van der Waals surface area contributed by atoms with E-state index in [1.54, 1.807) is 43.5 Å². The Labute approximate surface area is 207 Å². The average Bonchev–Trinajstić information content (AvgIpc) is 3.36. The van der Waals surface area contributed by atoms with Crippen LogP contribution in [0.5, 0.6) is 5.75 Å². The molecule has 35 heavy (non-hydrogen) atoms. The van der Waals surface area contributed by atoms with Crippen LogP contribution in [0.4, 0.5) is 0 Å². The van der Waals surface area contributed by atoms with E-state index in [0.717, 1.165) is 29.0 Å². The first-order valence-corrected chi connectivity index (χ1v) is 13.3. The molecule has 0 bridgehead atoms. The van der Waals surface area contributed by atoms with Gasteiger partial charge < -0.3 is 19.7 Å². The lowest BCUT2D eigenvalue weighted by Crippen LogP contribution is -2.48. The zero-order chi connectivity index (χ0) is 25.4. The molecule has 0 aromatic heterocycles. The zero-order valence-corrected chi connectivity index (χ0v) is 21.2. The van der Waals surface area contributed by atoms with Crippen LogP contribution < -0.4 is 10.1 Å². The highest BCUT2D eigenvalue weighted by Crippen LogP contribution is 2.25. The molecule has 1 aliphatic rings. The molecule has 0 unspecified atom stereocenters. The molecule has 0 aliphatic carbocycles. The smallest absolute Gasteiger partial charge is 0.247 e. The van der Waals surface area contributed by atoms with E-state index >= 15 is 0 Å². The van der Waals surface area contributed by atoms with Gasteiger partial charge in [-0.1, -0.05) is 42.5 Å². The van der Waals surface area contributed by atoms with Crippen LogP contribution in [0, 0.1) is 0 Å². The Hall–Kier alpha value is -2.95. The number of hydrogen-bond acceptors (Lipinski definition) is 6. The number of benzene rings is 2. The summed E-state index contributed by atoms with van der Waals surface area (Å²) in [6.45, 7) is 0.725. The summed E-state index contributed by atoms with van der Waals surface area (Å²) in [6.07, 6.45) is 2.79. The molecule has 9 nitrogen and oxygen atoms in total. The van der Waals surface area contributed by atoms with E-state index in [4.69, 9.17) is 9.47 Å². The Morgan fingerprint density at radius 1 is 1.14 bits per heavy atom. The number of hydrogen-bond donors (Lipinski definition) is 1. The van der Waals surface area contributed by atoms with E-state index in [9.17, 15) is 18.0 Å². The first kappa shape index (κ1) is 26.7. The molecular weight excluding hydrogens is 470 g/mol. The Balaban J connectivity index is 1.94. The zero-order valence-electron chi connectivity index (χ0n) is 20.3. The van der Waals surface area contributed by atoms with Gasteiger partial charge in [0.05, 0.1) is 26.0 Å². The van der Waals surface area contributed by atoms with Crippen molar-refractivity contribution in [3.8, 4) is 5.75 Å². The van der Waals surface area contributed by atoms with Crippen molar-refractivity contribution in [1.82, 2.24) is 14.5 Å². The van der Waals surface area contributed by atoms with Gasteiger partial charge in [0, 0.05) is 26.7 Å². The third kappa shape index (κ3) is 7.51. The minimum absolute atomic E-state index is 0.0579. The summed E-state index contributed by atoms with van der Waals surface area (Å²) < 4.78 is 35.8. The van der Waals surface area contributed by atoms with Crippen molar-refractivity contribution in [3.63, 3.8) is 0 Å². The fourth-order valence-electron chi connectivity index (χ4n) is 3.87. The minimum atomic E-state index is -3.59. The van der Waals surface area contributed by atoms with Crippen molar-refractivity contribution in [1.29, 1.82) is 0 Å². The van der Waals surface area contributed by atoms with Gasteiger partial charge in [-0.25, -0.2) is 8.42 Å². The van der Waals surface area contributed by atoms with Gasteiger partial charge in [-0.05, 0) is 36.1 Å². The lowest BCUT2D eigenvalue weighted by Gasteiger charge is -2.33. The van der Waals surface area contributed by atoms with Gasteiger partial charge in [-0.2, -0.15) is 4.31 Å². The second-order valence-electron chi connectivity index (χ2n) is 8.58. The lowest BCUT2D eigenvalue weighted by molar-refractivity contribution is -0.141. The Bertz CT molecular complexity index is 1090. The summed E-state index contributed by atoms with van der Waals surface area (Å²) in [7, 11) is -0.687. The van der Waals surface area contributed by atoms with Gasteiger partial charge in [0.1, 0.15) is 11.8 Å². The maximum atomic E-state index is 13.5. The van der Waals surface area contributed by atoms with Crippen LogP contribution in [0.1, 0.15) is 30.0 Å². The van der Waals surface area contributed by atoms with E-state index in [0.29, 0.717) is 24.5 Å². The molecule has 1 N–H and O–H groups in total. The van der Waals surface area contributed by atoms with Gasteiger partial charge >= 0.3 is 0 Å².